The Balaban J connectivity index is 0.00000312. The molecule has 25 heavy (non-hydrogen) atoms. The molecule has 1 aromatic heterocycles. The lowest BCUT2D eigenvalue weighted by Crippen LogP contribution is -2.45. The van der Waals surface area contributed by atoms with Crippen LogP contribution in [-0.2, 0) is 4.79 Å². The van der Waals surface area contributed by atoms with Crippen LogP contribution in [0.3, 0.4) is 0 Å². The summed E-state index contributed by atoms with van der Waals surface area (Å²) in [6.45, 7) is 6.34. The molecule has 1 aliphatic rings. The van der Waals surface area contributed by atoms with Crippen LogP contribution in [0.2, 0.25) is 4.34 Å². The third-order valence-electron chi connectivity index (χ3n) is 3.87. The number of nitrogens with one attached hydrogen (secondary N) is 2. The number of hydrogen-bond acceptors (Lipinski definition) is 4. The SMILES string of the molecule is CCNC(=NCC(O)c1ccc(Cl)s1)NC1CCN(C(=O)CC)C1.I. The first kappa shape index (κ1) is 22.5. The van der Waals surface area contributed by atoms with Crippen LogP contribution in [0.15, 0.2) is 17.1 Å². The molecule has 142 valence electrons. The molecule has 2 rings (SSSR count). The number of carbonyl (C=O) groups is 1. The molecule has 0 aliphatic carbocycles. The van der Waals surface area contributed by atoms with Gasteiger partial charge in [-0.1, -0.05) is 18.5 Å². The Morgan fingerprint density at radius 3 is 2.88 bits per heavy atom. The number of thiophene rings is 1. The second-order valence-corrected chi connectivity index (χ2v) is 7.45. The summed E-state index contributed by atoms with van der Waals surface area (Å²) in [5.41, 5.74) is 0. The van der Waals surface area contributed by atoms with E-state index in [-0.39, 0.29) is 42.5 Å². The van der Waals surface area contributed by atoms with Crippen molar-refractivity contribution < 1.29 is 9.90 Å². The van der Waals surface area contributed by atoms with E-state index in [0.29, 0.717) is 23.3 Å². The molecule has 6 nitrogen and oxygen atoms in total. The Bertz CT molecular complexity index is 584. The van der Waals surface area contributed by atoms with E-state index in [2.05, 4.69) is 15.6 Å². The van der Waals surface area contributed by atoms with Crippen LogP contribution in [0.25, 0.3) is 0 Å². The summed E-state index contributed by atoms with van der Waals surface area (Å²) in [5.74, 6) is 0.848. The number of aliphatic hydroxyl groups is 1. The molecular formula is C16H26ClIN4O2S. The number of carbonyl (C=O) groups excluding carboxylic acids is 1. The van der Waals surface area contributed by atoms with Crippen LogP contribution in [0.4, 0.5) is 0 Å². The lowest BCUT2D eigenvalue weighted by molar-refractivity contribution is -0.129. The summed E-state index contributed by atoms with van der Waals surface area (Å²) < 4.78 is 0.657. The first-order chi connectivity index (χ1) is 11.5. The maximum absolute atomic E-state index is 11.8. The van der Waals surface area contributed by atoms with E-state index >= 15 is 0 Å². The Morgan fingerprint density at radius 1 is 1.52 bits per heavy atom. The van der Waals surface area contributed by atoms with E-state index in [1.165, 1.54) is 11.3 Å². The summed E-state index contributed by atoms with van der Waals surface area (Å²) >= 11 is 7.26. The van der Waals surface area contributed by atoms with E-state index in [4.69, 9.17) is 11.6 Å². The Hall–Kier alpha value is -0.580. The zero-order valence-electron chi connectivity index (χ0n) is 14.5. The molecule has 0 aromatic carbocycles. The van der Waals surface area contributed by atoms with Gasteiger partial charge < -0.3 is 20.6 Å². The van der Waals surface area contributed by atoms with Crippen molar-refractivity contribution in [2.75, 3.05) is 26.2 Å². The Kier molecular flexibility index (Phi) is 10.1. The normalized spacial score (nSPS) is 18.6. The number of hydrogen-bond donors (Lipinski definition) is 3. The topological polar surface area (TPSA) is 77.0 Å². The highest BCUT2D eigenvalue weighted by Gasteiger charge is 2.25. The zero-order chi connectivity index (χ0) is 17.5. The minimum absolute atomic E-state index is 0. The first-order valence-corrected chi connectivity index (χ1v) is 9.48. The molecule has 0 radical (unpaired) electrons. The molecule has 0 spiro atoms. The second kappa shape index (κ2) is 11.2. The highest BCUT2D eigenvalue weighted by Crippen LogP contribution is 2.26. The number of nitrogens with zero attached hydrogens (tertiary/aromatic N) is 2. The van der Waals surface area contributed by atoms with Gasteiger partial charge in [-0.05, 0) is 25.5 Å². The molecule has 0 bridgehead atoms. The third kappa shape index (κ3) is 6.92. The van der Waals surface area contributed by atoms with E-state index in [1.807, 2.05) is 24.8 Å². The van der Waals surface area contributed by atoms with Crippen molar-refractivity contribution in [3.05, 3.63) is 21.3 Å². The number of likely N-dealkylation sites (tertiary alicyclic amines) is 1. The highest BCUT2D eigenvalue weighted by atomic mass is 127. The predicted molar refractivity (Wildman–Crippen MR) is 114 cm³/mol. The summed E-state index contributed by atoms with van der Waals surface area (Å²) in [4.78, 5) is 18.9. The molecule has 0 saturated carbocycles. The van der Waals surface area contributed by atoms with Gasteiger partial charge in [-0.2, -0.15) is 0 Å². The molecule has 2 atom stereocenters. The number of guanidine groups is 1. The van der Waals surface area contributed by atoms with Gasteiger partial charge in [0, 0.05) is 37.0 Å². The number of rotatable bonds is 6. The van der Waals surface area contributed by atoms with Crippen molar-refractivity contribution in [3.63, 3.8) is 0 Å². The molecule has 1 fully saturated rings. The number of halogens is 2. The van der Waals surface area contributed by atoms with Gasteiger partial charge in [-0.25, -0.2) is 0 Å². The van der Waals surface area contributed by atoms with Crippen LogP contribution in [0.5, 0.6) is 0 Å². The van der Waals surface area contributed by atoms with Crippen molar-refractivity contribution in [1.29, 1.82) is 0 Å². The van der Waals surface area contributed by atoms with Crippen molar-refractivity contribution in [2.45, 2.75) is 38.8 Å². The van der Waals surface area contributed by atoms with Crippen molar-refractivity contribution in [2.24, 2.45) is 4.99 Å². The van der Waals surface area contributed by atoms with Gasteiger partial charge in [0.2, 0.25) is 5.91 Å². The zero-order valence-corrected chi connectivity index (χ0v) is 18.4. The number of amides is 1. The fourth-order valence-corrected chi connectivity index (χ4v) is 3.65. The van der Waals surface area contributed by atoms with E-state index in [9.17, 15) is 9.90 Å². The molecule has 1 amide bonds. The molecule has 1 saturated heterocycles. The lowest BCUT2D eigenvalue weighted by atomic mass is 10.2. The monoisotopic (exact) mass is 500 g/mol. The molecule has 1 aromatic rings. The van der Waals surface area contributed by atoms with E-state index < -0.39 is 6.10 Å². The quantitative estimate of drug-likeness (QED) is 0.319. The summed E-state index contributed by atoms with van der Waals surface area (Å²) in [5, 5.41) is 16.7. The maximum Gasteiger partial charge on any atom is 0.222 e. The van der Waals surface area contributed by atoms with Crippen LogP contribution in [0, 0.1) is 0 Å². The summed E-state index contributed by atoms with van der Waals surface area (Å²) in [6.07, 6.45) is 0.773. The molecule has 2 unspecified atom stereocenters. The number of aliphatic imine (C=N–C) groups is 1. The van der Waals surface area contributed by atoms with E-state index in [1.54, 1.807) is 6.07 Å². The largest absolute Gasteiger partial charge is 0.386 e. The van der Waals surface area contributed by atoms with Gasteiger partial charge in [0.25, 0.3) is 0 Å². The van der Waals surface area contributed by atoms with Gasteiger partial charge in [-0.15, -0.1) is 35.3 Å². The molecular weight excluding hydrogens is 475 g/mol. The van der Waals surface area contributed by atoms with Crippen molar-refractivity contribution in [1.82, 2.24) is 15.5 Å². The lowest BCUT2D eigenvalue weighted by Gasteiger charge is -2.19. The molecule has 9 heteroatoms. The average molecular weight is 501 g/mol. The van der Waals surface area contributed by atoms with Crippen molar-refractivity contribution >= 4 is 58.8 Å². The van der Waals surface area contributed by atoms with Crippen molar-refractivity contribution in [3.8, 4) is 0 Å². The van der Waals surface area contributed by atoms with Gasteiger partial charge in [-0.3, -0.25) is 9.79 Å². The maximum atomic E-state index is 11.8. The third-order valence-corrected chi connectivity index (χ3v) is 5.21. The Morgan fingerprint density at radius 2 is 2.28 bits per heavy atom. The number of aliphatic hydroxyl groups excluding tert-OH is 1. The molecule has 2 heterocycles. The minimum Gasteiger partial charge on any atom is -0.386 e. The van der Waals surface area contributed by atoms with Gasteiger partial charge in [0.05, 0.1) is 10.9 Å². The standard InChI is InChI=1S/C16H25ClN4O2S.HI/c1-3-15(23)21-8-7-11(10-21)20-16(18-4-2)19-9-12(22)13-5-6-14(17)24-13;/h5-6,11-12,22H,3-4,7-10H2,1-2H3,(H2,18,19,20);1H. The molecule has 1 aliphatic heterocycles. The van der Waals surface area contributed by atoms with Crippen LogP contribution >= 0.6 is 46.9 Å². The van der Waals surface area contributed by atoms with Gasteiger partial charge in [0.15, 0.2) is 5.96 Å². The highest BCUT2D eigenvalue weighted by molar-refractivity contribution is 14.0. The first-order valence-electron chi connectivity index (χ1n) is 8.29. The Labute approximate surface area is 175 Å². The second-order valence-electron chi connectivity index (χ2n) is 5.70. The van der Waals surface area contributed by atoms with Gasteiger partial charge >= 0.3 is 0 Å². The van der Waals surface area contributed by atoms with Gasteiger partial charge in [0.1, 0.15) is 6.10 Å². The fourth-order valence-electron chi connectivity index (χ4n) is 2.62. The smallest absolute Gasteiger partial charge is 0.222 e. The van der Waals surface area contributed by atoms with Crippen LogP contribution in [0.1, 0.15) is 37.7 Å². The summed E-state index contributed by atoms with van der Waals surface area (Å²) in [7, 11) is 0. The summed E-state index contributed by atoms with van der Waals surface area (Å²) in [6, 6.07) is 3.78. The van der Waals surface area contributed by atoms with E-state index in [0.717, 1.165) is 24.4 Å². The average Bonchev–Trinajstić information content (AvgIpc) is 3.21. The predicted octanol–water partition coefficient (Wildman–Crippen LogP) is 2.62. The van der Waals surface area contributed by atoms with Crippen LogP contribution in [-0.4, -0.2) is 54.1 Å². The molecule has 3 N–H and O–H groups in total. The van der Waals surface area contributed by atoms with Crippen LogP contribution < -0.4 is 10.6 Å². The fraction of sp³-hybridized carbons (Fsp3) is 0.625. The minimum atomic E-state index is -0.667.